The van der Waals surface area contributed by atoms with Gasteiger partial charge in [0.05, 0.1) is 17.2 Å². The van der Waals surface area contributed by atoms with Crippen LogP contribution in [0.25, 0.3) is 0 Å². The number of benzene rings is 1. The summed E-state index contributed by atoms with van der Waals surface area (Å²) in [6.07, 6.45) is 0.685. The van der Waals surface area contributed by atoms with Crippen LogP contribution < -0.4 is 5.32 Å². The molecule has 1 saturated heterocycles. The van der Waals surface area contributed by atoms with E-state index in [1.54, 1.807) is 4.90 Å². The van der Waals surface area contributed by atoms with E-state index in [1.165, 1.54) is 6.07 Å². The fraction of sp³-hybridized carbons (Fsp3) is 0.611. The van der Waals surface area contributed by atoms with Crippen LogP contribution in [0, 0.1) is 0 Å². The van der Waals surface area contributed by atoms with Crippen molar-refractivity contribution in [1.82, 2.24) is 10.2 Å². The monoisotopic (exact) mass is 374 g/mol. The molecule has 1 saturated carbocycles. The standard InChI is InChI=1S/C18H21F3N2O.ClH/c19-18(20,21)14-9-12(11-4-2-1-3-5-11)8-13-15-10-22-6-7-23(15)17(24)16(13)14;/h8-9,11,15,22H,1-7,10H2;1H/t15-;/m0./s1. The zero-order valence-corrected chi connectivity index (χ0v) is 14.7. The molecular formula is C18H22ClF3N2O. The Bertz CT molecular complexity index is 671. The third-order valence-corrected chi connectivity index (χ3v) is 5.65. The minimum atomic E-state index is -4.49. The molecule has 2 heterocycles. The van der Waals surface area contributed by atoms with Crippen molar-refractivity contribution in [3.63, 3.8) is 0 Å². The largest absolute Gasteiger partial charge is 0.417 e. The summed E-state index contributed by atoms with van der Waals surface area (Å²) < 4.78 is 41.0. The molecule has 1 amide bonds. The second-order valence-electron chi connectivity index (χ2n) is 7.08. The van der Waals surface area contributed by atoms with Crippen LogP contribution in [0.5, 0.6) is 0 Å². The Hall–Kier alpha value is -1.27. The van der Waals surface area contributed by atoms with E-state index in [2.05, 4.69) is 5.32 Å². The number of hydrogen-bond acceptors (Lipinski definition) is 2. The first-order valence-corrected chi connectivity index (χ1v) is 8.73. The minimum Gasteiger partial charge on any atom is -0.329 e. The van der Waals surface area contributed by atoms with E-state index in [0.29, 0.717) is 25.2 Å². The van der Waals surface area contributed by atoms with Crippen LogP contribution in [0.3, 0.4) is 0 Å². The van der Waals surface area contributed by atoms with E-state index in [9.17, 15) is 18.0 Å². The molecule has 0 radical (unpaired) electrons. The van der Waals surface area contributed by atoms with Crippen LogP contribution in [0.1, 0.15) is 71.1 Å². The Labute approximate surface area is 151 Å². The molecule has 3 aliphatic rings. The SMILES string of the molecule is Cl.O=C1c2c(cc(C3CCCCC3)cc2C(F)(F)F)[C@@H]2CNCCN12. The second kappa shape index (κ2) is 6.80. The van der Waals surface area contributed by atoms with E-state index >= 15 is 0 Å². The summed E-state index contributed by atoms with van der Waals surface area (Å²) in [4.78, 5) is 14.2. The molecule has 25 heavy (non-hydrogen) atoms. The third kappa shape index (κ3) is 3.14. The molecule has 0 unspecified atom stereocenters. The van der Waals surface area contributed by atoms with Crippen LogP contribution in [-0.2, 0) is 6.18 Å². The van der Waals surface area contributed by atoms with Gasteiger partial charge >= 0.3 is 6.18 Å². The van der Waals surface area contributed by atoms with Gasteiger partial charge in [-0.1, -0.05) is 25.3 Å². The number of carbonyl (C=O) groups is 1. The third-order valence-electron chi connectivity index (χ3n) is 5.65. The smallest absolute Gasteiger partial charge is 0.329 e. The second-order valence-corrected chi connectivity index (χ2v) is 7.08. The Morgan fingerprint density at radius 2 is 1.84 bits per heavy atom. The lowest BCUT2D eigenvalue weighted by Crippen LogP contribution is -2.44. The van der Waals surface area contributed by atoms with E-state index in [4.69, 9.17) is 0 Å². The highest BCUT2D eigenvalue weighted by Gasteiger charge is 2.46. The molecule has 0 spiro atoms. The highest BCUT2D eigenvalue weighted by molar-refractivity contribution is 6.01. The van der Waals surface area contributed by atoms with Gasteiger partial charge in [0.25, 0.3) is 5.91 Å². The van der Waals surface area contributed by atoms with Crippen molar-refractivity contribution in [2.24, 2.45) is 0 Å². The molecule has 1 aromatic carbocycles. The highest BCUT2D eigenvalue weighted by Crippen LogP contribution is 2.45. The van der Waals surface area contributed by atoms with Gasteiger partial charge in [0, 0.05) is 19.6 Å². The molecule has 1 atom stereocenters. The van der Waals surface area contributed by atoms with Crippen molar-refractivity contribution in [2.45, 2.75) is 50.2 Å². The molecule has 1 aromatic rings. The van der Waals surface area contributed by atoms with Gasteiger partial charge < -0.3 is 10.2 Å². The normalized spacial score (nSPS) is 23.9. The number of piperazine rings is 1. The van der Waals surface area contributed by atoms with Crippen LogP contribution in [0.15, 0.2) is 12.1 Å². The summed E-state index contributed by atoms with van der Waals surface area (Å²) in [5.74, 6) is -0.273. The van der Waals surface area contributed by atoms with Gasteiger partial charge in [-0.3, -0.25) is 4.79 Å². The number of nitrogens with one attached hydrogen (secondary N) is 1. The zero-order chi connectivity index (χ0) is 16.9. The van der Waals surface area contributed by atoms with Crippen molar-refractivity contribution >= 4 is 18.3 Å². The predicted molar refractivity (Wildman–Crippen MR) is 91.2 cm³/mol. The lowest BCUT2D eigenvalue weighted by Gasteiger charge is -2.31. The number of alkyl halides is 3. The summed E-state index contributed by atoms with van der Waals surface area (Å²) in [7, 11) is 0. The molecule has 7 heteroatoms. The first-order chi connectivity index (χ1) is 11.5. The highest BCUT2D eigenvalue weighted by atomic mass is 35.5. The van der Waals surface area contributed by atoms with E-state index < -0.39 is 17.6 Å². The number of carbonyl (C=O) groups excluding carboxylic acids is 1. The Balaban J connectivity index is 0.00000182. The first-order valence-electron chi connectivity index (χ1n) is 8.73. The average Bonchev–Trinajstić information content (AvgIpc) is 2.87. The molecular weight excluding hydrogens is 353 g/mol. The van der Waals surface area contributed by atoms with Crippen LogP contribution in [0.2, 0.25) is 0 Å². The maximum absolute atomic E-state index is 13.7. The number of fused-ring (bicyclic) bond motifs is 3. The van der Waals surface area contributed by atoms with Gasteiger partial charge in [-0.2, -0.15) is 13.2 Å². The van der Waals surface area contributed by atoms with E-state index in [-0.39, 0.29) is 29.9 Å². The fourth-order valence-electron chi connectivity index (χ4n) is 4.45. The van der Waals surface area contributed by atoms with Gasteiger partial charge in [0.2, 0.25) is 0 Å². The van der Waals surface area contributed by atoms with Gasteiger partial charge in [-0.15, -0.1) is 12.4 Å². The molecule has 4 rings (SSSR count). The molecule has 2 aliphatic heterocycles. The molecule has 3 nitrogen and oxygen atoms in total. The van der Waals surface area contributed by atoms with Gasteiger partial charge in [-0.25, -0.2) is 0 Å². The van der Waals surface area contributed by atoms with E-state index in [0.717, 1.165) is 37.7 Å². The summed E-state index contributed by atoms with van der Waals surface area (Å²) in [5, 5.41) is 3.20. The van der Waals surface area contributed by atoms with Crippen molar-refractivity contribution < 1.29 is 18.0 Å². The lowest BCUT2D eigenvalue weighted by molar-refractivity contribution is -0.138. The first kappa shape index (κ1) is 18.5. The minimum absolute atomic E-state index is 0. The van der Waals surface area contributed by atoms with Crippen LogP contribution in [0.4, 0.5) is 13.2 Å². The van der Waals surface area contributed by atoms with E-state index in [1.807, 2.05) is 6.07 Å². The molecule has 1 aliphatic carbocycles. The zero-order valence-electron chi connectivity index (χ0n) is 13.9. The fourth-order valence-corrected chi connectivity index (χ4v) is 4.45. The molecule has 2 fully saturated rings. The lowest BCUT2D eigenvalue weighted by atomic mass is 9.81. The summed E-state index contributed by atoms with van der Waals surface area (Å²) in [6, 6.07) is 2.88. The maximum Gasteiger partial charge on any atom is 0.417 e. The van der Waals surface area contributed by atoms with Crippen LogP contribution in [-0.4, -0.2) is 30.4 Å². The average molecular weight is 375 g/mol. The maximum atomic E-state index is 13.7. The summed E-state index contributed by atoms with van der Waals surface area (Å²) >= 11 is 0. The van der Waals surface area contributed by atoms with Crippen molar-refractivity contribution in [3.8, 4) is 0 Å². The Morgan fingerprint density at radius 3 is 2.52 bits per heavy atom. The van der Waals surface area contributed by atoms with Gasteiger partial charge in [-0.05, 0) is 36.0 Å². The molecule has 0 aromatic heterocycles. The van der Waals surface area contributed by atoms with Crippen molar-refractivity contribution in [2.75, 3.05) is 19.6 Å². The predicted octanol–water partition coefficient (Wildman–Crippen LogP) is 4.28. The van der Waals surface area contributed by atoms with Crippen LogP contribution >= 0.6 is 12.4 Å². The Kier molecular flexibility index (Phi) is 5.04. The molecule has 138 valence electrons. The summed E-state index contributed by atoms with van der Waals surface area (Å²) in [5.41, 5.74) is 0.485. The van der Waals surface area contributed by atoms with Gasteiger partial charge in [0.1, 0.15) is 0 Å². The van der Waals surface area contributed by atoms with Crippen molar-refractivity contribution in [3.05, 3.63) is 34.4 Å². The number of hydrogen-bond donors (Lipinski definition) is 1. The number of nitrogens with zero attached hydrogens (tertiary/aromatic N) is 1. The topological polar surface area (TPSA) is 32.3 Å². The Morgan fingerprint density at radius 1 is 1.12 bits per heavy atom. The quantitative estimate of drug-likeness (QED) is 0.796. The number of rotatable bonds is 1. The molecule has 0 bridgehead atoms. The van der Waals surface area contributed by atoms with Gasteiger partial charge in [0.15, 0.2) is 0 Å². The number of halogens is 4. The van der Waals surface area contributed by atoms with Crippen molar-refractivity contribution in [1.29, 1.82) is 0 Å². The number of amides is 1. The molecule has 1 N–H and O–H groups in total. The summed E-state index contributed by atoms with van der Waals surface area (Å²) in [6.45, 7) is 1.63.